The van der Waals surface area contributed by atoms with Gasteiger partial charge in [0.1, 0.15) is 0 Å². The van der Waals surface area contributed by atoms with E-state index in [1.54, 1.807) is 0 Å². The monoisotopic (exact) mass is 379 g/mol. The lowest BCUT2D eigenvalue weighted by atomic mass is 9.90. The van der Waals surface area contributed by atoms with E-state index in [2.05, 4.69) is 69.2 Å². The third kappa shape index (κ3) is 4.37. The molecule has 1 heterocycles. The molecule has 0 bridgehead atoms. The van der Waals surface area contributed by atoms with Crippen molar-refractivity contribution in [2.24, 2.45) is 0 Å². The fourth-order valence-electron chi connectivity index (χ4n) is 3.61. The maximum atomic E-state index is 12.2. The summed E-state index contributed by atoms with van der Waals surface area (Å²) in [6.07, 6.45) is 2.11. The van der Waals surface area contributed by atoms with Crippen LogP contribution in [0.1, 0.15) is 30.9 Å². The van der Waals surface area contributed by atoms with E-state index in [1.807, 2.05) is 34.0 Å². The van der Waals surface area contributed by atoms with Gasteiger partial charge in [0.15, 0.2) is 6.04 Å². The van der Waals surface area contributed by atoms with E-state index in [0.717, 1.165) is 12.1 Å². The molecule has 1 aromatic heterocycles. The van der Waals surface area contributed by atoms with Crippen LogP contribution < -0.4 is 15.5 Å². The number of nitrogens with zero attached hydrogens (tertiary/aromatic N) is 1. The van der Waals surface area contributed by atoms with Crippen molar-refractivity contribution in [3.8, 4) is 0 Å². The average molecular weight is 380 g/mol. The number of nitrogens with two attached hydrogens (primary N) is 1. The Morgan fingerprint density at radius 2 is 1.86 bits per heavy atom. The van der Waals surface area contributed by atoms with Crippen molar-refractivity contribution in [2.45, 2.75) is 25.8 Å². The van der Waals surface area contributed by atoms with Crippen molar-refractivity contribution < 1.29 is 10.1 Å². The molecule has 0 saturated carbocycles. The molecule has 0 radical (unpaired) electrons. The first-order chi connectivity index (χ1) is 13.5. The van der Waals surface area contributed by atoms with Crippen molar-refractivity contribution >= 4 is 22.5 Å². The molecule has 5 nitrogen and oxygen atoms in total. The molecule has 0 spiro atoms. The van der Waals surface area contributed by atoms with Crippen LogP contribution in [0.3, 0.4) is 0 Å². The largest absolute Gasteiger partial charge is 0.378 e. The Bertz CT molecular complexity index is 914. The zero-order valence-corrected chi connectivity index (χ0v) is 17.2. The van der Waals surface area contributed by atoms with Crippen molar-refractivity contribution in [3.05, 3.63) is 65.9 Å². The Morgan fingerprint density at radius 1 is 1.14 bits per heavy atom. The number of quaternary nitrogens is 1. The lowest BCUT2D eigenvalue weighted by Crippen LogP contribution is -2.92. The highest BCUT2D eigenvalue weighted by Gasteiger charge is 2.23. The Hall–Kier alpha value is -2.79. The number of hydrogen-bond acceptors (Lipinski definition) is 2. The number of rotatable bonds is 8. The second-order valence-corrected chi connectivity index (χ2v) is 7.48. The average Bonchev–Trinajstić information content (AvgIpc) is 3.12. The van der Waals surface area contributed by atoms with Gasteiger partial charge in [0.2, 0.25) is 0 Å². The lowest BCUT2D eigenvalue weighted by Gasteiger charge is -2.20. The smallest absolute Gasteiger partial charge is 0.277 e. The van der Waals surface area contributed by atoms with Crippen LogP contribution in [0.15, 0.2) is 54.7 Å². The van der Waals surface area contributed by atoms with Gasteiger partial charge in [-0.05, 0) is 43.2 Å². The van der Waals surface area contributed by atoms with E-state index in [-0.39, 0.29) is 17.9 Å². The molecule has 3 aromatic rings. The van der Waals surface area contributed by atoms with Gasteiger partial charge in [0, 0.05) is 43.4 Å². The van der Waals surface area contributed by atoms with Crippen molar-refractivity contribution in [1.29, 1.82) is 0 Å². The molecular weight excluding hydrogens is 348 g/mol. The summed E-state index contributed by atoms with van der Waals surface area (Å²) in [5.74, 6) is 0.285. The highest BCUT2D eigenvalue weighted by Crippen LogP contribution is 2.30. The van der Waals surface area contributed by atoms with Gasteiger partial charge in [0.25, 0.3) is 5.91 Å². The summed E-state index contributed by atoms with van der Waals surface area (Å²) in [6, 6.07) is 17.0. The molecule has 148 valence electrons. The van der Waals surface area contributed by atoms with Crippen molar-refractivity contribution in [2.75, 3.05) is 32.1 Å². The molecule has 0 aliphatic carbocycles. The molecule has 0 fully saturated rings. The van der Waals surface area contributed by atoms with E-state index in [9.17, 15) is 4.79 Å². The third-order valence-corrected chi connectivity index (χ3v) is 5.30. The van der Waals surface area contributed by atoms with Crippen LogP contribution in [-0.4, -0.2) is 44.1 Å². The first-order valence-electron chi connectivity index (χ1n) is 9.95. The van der Waals surface area contributed by atoms with Gasteiger partial charge in [-0.15, -0.1) is 0 Å². The minimum absolute atomic E-state index is 0.0862. The minimum Gasteiger partial charge on any atom is -0.378 e. The Kier molecular flexibility index (Phi) is 6.37. The zero-order chi connectivity index (χ0) is 20.1. The second-order valence-electron chi connectivity index (χ2n) is 7.48. The fraction of sp³-hybridized carbons (Fsp3) is 0.348. The van der Waals surface area contributed by atoms with Gasteiger partial charge >= 0.3 is 0 Å². The lowest BCUT2D eigenvalue weighted by molar-refractivity contribution is -0.674. The zero-order valence-electron chi connectivity index (χ0n) is 17.2. The predicted octanol–water partition coefficient (Wildman–Crippen LogP) is 2.45. The number of nitrogens with one attached hydrogen (secondary N) is 2. The van der Waals surface area contributed by atoms with E-state index < -0.39 is 0 Å². The van der Waals surface area contributed by atoms with Gasteiger partial charge in [0.05, 0.1) is 12.5 Å². The highest BCUT2D eigenvalue weighted by molar-refractivity contribution is 5.84. The summed E-state index contributed by atoms with van der Waals surface area (Å²) >= 11 is 0. The number of H-pyrrole nitrogens is 1. The Labute approximate surface area is 167 Å². The number of carbonyl (C=O) groups is 1. The van der Waals surface area contributed by atoms with E-state index in [1.165, 1.54) is 22.2 Å². The van der Waals surface area contributed by atoms with Crippen LogP contribution in [0.5, 0.6) is 0 Å². The molecule has 2 aromatic carbocycles. The van der Waals surface area contributed by atoms with Crippen molar-refractivity contribution in [1.82, 2.24) is 10.3 Å². The molecule has 5 heteroatoms. The number of para-hydroxylation sites is 1. The van der Waals surface area contributed by atoms with Crippen LogP contribution in [0.4, 0.5) is 5.69 Å². The van der Waals surface area contributed by atoms with E-state index in [0.29, 0.717) is 6.54 Å². The number of anilines is 1. The topological polar surface area (TPSA) is 64.7 Å². The molecule has 2 atom stereocenters. The van der Waals surface area contributed by atoms with Crippen molar-refractivity contribution in [3.63, 3.8) is 0 Å². The molecule has 0 unspecified atom stereocenters. The molecular formula is C23H31N4O+. The summed E-state index contributed by atoms with van der Waals surface area (Å²) in [5.41, 5.74) is 4.85. The molecule has 0 aliphatic rings. The summed E-state index contributed by atoms with van der Waals surface area (Å²) in [4.78, 5) is 17.7. The molecule has 1 amide bonds. The van der Waals surface area contributed by atoms with Crippen LogP contribution in [-0.2, 0) is 4.79 Å². The maximum absolute atomic E-state index is 12.2. The first-order valence-corrected chi connectivity index (χ1v) is 9.95. The number of carbonyl (C=O) groups excluding carboxylic acids is 1. The number of benzene rings is 2. The van der Waals surface area contributed by atoms with Crippen LogP contribution in [0.2, 0.25) is 0 Å². The summed E-state index contributed by atoms with van der Waals surface area (Å²) in [5, 5.41) is 6.29. The maximum Gasteiger partial charge on any atom is 0.277 e. The third-order valence-electron chi connectivity index (χ3n) is 5.30. The minimum atomic E-state index is -0.117. The van der Waals surface area contributed by atoms with Crippen LogP contribution in [0, 0.1) is 0 Å². The number of hydrogen-bond donors (Lipinski definition) is 3. The molecule has 4 N–H and O–H groups in total. The molecule has 28 heavy (non-hydrogen) atoms. The number of aromatic nitrogens is 1. The SMILES string of the molecule is CCNC(=O)[C@H](C)[NH2+]C[C@@H](c1ccc(N(C)C)cc1)c1c[nH]c2ccccc12. The second kappa shape index (κ2) is 8.93. The Balaban J connectivity index is 1.91. The van der Waals surface area contributed by atoms with Gasteiger partial charge < -0.3 is 20.5 Å². The fourth-order valence-corrected chi connectivity index (χ4v) is 3.61. The van der Waals surface area contributed by atoms with Gasteiger partial charge in [-0.1, -0.05) is 30.3 Å². The quantitative estimate of drug-likeness (QED) is 0.563. The summed E-state index contributed by atoms with van der Waals surface area (Å²) in [6.45, 7) is 5.38. The number of fused-ring (bicyclic) bond motifs is 1. The molecule has 0 aliphatic heterocycles. The van der Waals surface area contributed by atoms with Gasteiger partial charge in [-0.3, -0.25) is 4.79 Å². The molecule has 0 saturated heterocycles. The van der Waals surface area contributed by atoms with Crippen LogP contribution in [0.25, 0.3) is 10.9 Å². The summed E-state index contributed by atoms with van der Waals surface area (Å²) in [7, 11) is 4.10. The predicted molar refractivity (Wildman–Crippen MR) is 116 cm³/mol. The van der Waals surface area contributed by atoms with Gasteiger partial charge in [-0.2, -0.15) is 0 Å². The van der Waals surface area contributed by atoms with Crippen LogP contribution >= 0.6 is 0 Å². The number of amides is 1. The standard InChI is InChI=1S/C23H30N4O/c1-5-24-23(28)16(2)25-14-20(17-10-12-18(13-11-17)27(3)4)21-15-26-22-9-7-6-8-19(21)22/h6-13,15-16,20,25-26H,5,14H2,1-4H3,(H,24,28)/p+1/t16-,20-/m0/s1. The normalized spacial score (nSPS) is 13.3. The Morgan fingerprint density at radius 3 is 2.54 bits per heavy atom. The molecule has 3 rings (SSSR count). The number of aromatic amines is 1. The summed E-state index contributed by atoms with van der Waals surface area (Å²) < 4.78 is 0. The van der Waals surface area contributed by atoms with E-state index in [4.69, 9.17) is 0 Å². The first kappa shape index (κ1) is 20.0. The van der Waals surface area contributed by atoms with E-state index >= 15 is 0 Å². The highest BCUT2D eigenvalue weighted by atomic mass is 16.2. The van der Waals surface area contributed by atoms with Gasteiger partial charge in [-0.25, -0.2) is 0 Å². The number of likely N-dealkylation sites (N-methyl/N-ethyl adjacent to an activating group) is 1.